The van der Waals surface area contributed by atoms with Gasteiger partial charge in [-0.15, -0.1) is 5.10 Å². The van der Waals surface area contributed by atoms with Crippen LogP contribution in [0.15, 0.2) is 49.4 Å². The standard InChI is InChI=1S/C31H38N10O4/c1-22(18-40-21-33-20-36-40)45-29-14-23(2-3-24(29)15-32)25-16-34-31(35-17-25)37-28-19-41(38-30(28)44-13-10-42)27-6-4-26(5-7-27)39-8-11-43-12-9-39/h2-3,14,16-17,19-22,26-27,42H,4-13,18H2,1H3,(H,34,35,37)/t22-,26-,27-/m0/s1. The lowest BCUT2D eigenvalue weighted by atomic mass is 9.90. The van der Waals surface area contributed by atoms with Crippen molar-refractivity contribution in [1.29, 1.82) is 5.26 Å². The lowest BCUT2D eigenvalue weighted by Gasteiger charge is -2.38. The van der Waals surface area contributed by atoms with E-state index in [1.54, 1.807) is 29.5 Å². The van der Waals surface area contributed by atoms with Gasteiger partial charge in [0.25, 0.3) is 5.88 Å². The SMILES string of the molecule is C[C@@H](Cn1cncn1)Oc1cc(-c2cnc(Nc3cn([C@H]4CC[C@H](N5CCOCC5)CC4)nc3OCCO)nc2)ccc1C#N. The molecule has 3 aromatic heterocycles. The number of benzene rings is 1. The third-order valence-electron chi connectivity index (χ3n) is 8.20. The molecule has 0 unspecified atom stereocenters. The number of aliphatic hydroxyl groups is 1. The minimum atomic E-state index is -0.236. The molecule has 4 heterocycles. The van der Waals surface area contributed by atoms with Crippen molar-refractivity contribution in [3.8, 4) is 28.8 Å². The van der Waals surface area contributed by atoms with E-state index in [0.29, 0.717) is 41.4 Å². The molecule has 0 amide bonds. The minimum absolute atomic E-state index is 0.113. The fraction of sp³-hybridized carbons (Fsp3) is 0.484. The zero-order chi connectivity index (χ0) is 31.0. The molecule has 1 saturated carbocycles. The van der Waals surface area contributed by atoms with Gasteiger partial charge in [0, 0.05) is 37.1 Å². The van der Waals surface area contributed by atoms with E-state index in [0.717, 1.165) is 63.1 Å². The van der Waals surface area contributed by atoms with Crippen LogP contribution in [0.5, 0.6) is 11.6 Å². The highest BCUT2D eigenvalue weighted by Crippen LogP contribution is 2.35. The first-order valence-electron chi connectivity index (χ1n) is 15.4. The van der Waals surface area contributed by atoms with Gasteiger partial charge < -0.3 is 24.6 Å². The summed E-state index contributed by atoms with van der Waals surface area (Å²) >= 11 is 0. The van der Waals surface area contributed by atoms with Gasteiger partial charge in [0.1, 0.15) is 42.9 Å². The number of nitriles is 1. The Labute approximate surface area is 261 Å². The van der Waals surface area contributed by atoms with E-state index in [-0.39, 0.29) is 25.4 Å². The maximum Gasteiger partial charge on any atom is 0.257 e. The van der Waals surface area contributed by atoms with E-state index in [9.17, 15) is 10.4 Å². The first-order valence-corrected chi connectivity index (χ1v) is 15.4. The number of nitrogens with zero attached hydrogens (tertiary/aromatic N) is 9. The third-order valence-corrected chi connectivity index (χ3v) is 8.20. The van der Waals surface area contributed by atoms with E-state index < -0.39 is 0 Å². The summed E-state index contributed by atoms with van der Waals surface area (Å²) in [6, 6.07) is 8.45. The van der Waals surface area contributed by atoms with Crippen molar-refractivity contribution >= 4 is 11.6 Å². The molecule has 45 heavy (non-hydrogen) atoms. The Morgan fingerprint density at radius 3 is 2.60 bits per heavy atom. The number of ether oxygens (including phenoxy) is 3. The zero-order valence-corrected chi connectivity index (χ0v) is 25.3. The van der Waals surface area contributed by atoms with Gasteiger partial charge in [0.15, 0.2) is 0 Å². The second-order valence-electron chi connectivity index (χ2n) is 11.3. The Morgan fingerprint density at radius 2 is 1.89 bits per heavy atom. The molecule has 2 N–H and O–H groups in total. The molecule has 236 valence electrons. The molecule has 1 aliphatic heterocycles. The van der Waals surface area contributed by atoms with E-state index in [4.69, 9.17) is 19.3 Å². The molecule has 6 rings (SSSR count). The van der Waals surface area contributed by atoms with Gasteiger partial charge in [-0.2, -0.15) is 10.4 Å². The number of aromatic nitrogens is 7. The van der Waals surface area contributed by atoms with E-state index in [2.05, 4.69) is 36.3 Å². The Hall–Kier alpha value is -4.58. The highest BCUT2D eigenvalue weighted by molar-refractivity contribution is 5.67. The van der Waals surface area contributed by atoms with Crippen LogP contribution in [0.2, 0.25) is 0 Å². The van der Waals surface area contributed by atoms with Crippen molar-refractivity contribution in [3.63, 3.8) is 0 Å². The van der Waals surface area contributed by atoms with Crippen LogP contribution in [0.25, 0.3) is 11.1 Å². The molecule has 1 aromatic carbocycles. The first kappa shape index (κ1) is 30.4. The van der Waals surface area contributed by atoms with Crippen LogP contribution in [0.3, 0.4) is 0 Å². The van der Waals surface area contributed by atoms with E-state index >= 15 is 0 Å². The minimum Gasteiger partial charge on any atom is -0.487 e. The van der Waals surface area contributed by atoms with Crippen LogP contribution < -0.4 is 14.8 Å². The van der Waals surface area contributed by atoms with Gasteiger partial charge in [-0.05, 0) is 50.3 Å². The largest absolute Gasteiger partial charge is 0.487 e. The summed E-state index contributed by atoms with van der Waals surface area (Å²) in [6.07, 6.45) is 12.5. The number of nitrogens with one attached hydrogen (secondary N) is 1. The molecule has 14 heteroatoms. The monoisotopic (exact) mass is 614 g/mol. The highest BCUT2D eigenvalue weighted by atomic mass is 16.5. The topological polar surface area (TPSA) is 161 Å². The van der Waals surface area contributed by atoms with Gasteiger partial charge in [0.2, 0.25) is 5.95 Å². The molecule has 1 saturated heterocycles. The molecule has 2 aliphatic rings. The molecular formula is C31H38N10O4. The number of rotatable bonds is 12. The van der Waals surface area contributed by atoms with Crippen LogP contribution in [0, 0.1) is 11.3 Å². The fourth-order valence-electron chi connectivity index (χ4n) is 5.93. The maximum atomic E-state index is 9.63. The summed E-state index contributed by atoms with van der Waals surface area (Å²) in [6.45, 7) is 6.08. The average molecular weight is 615 g/mol. The molecule has 0 spiro atoms. The highest BCUT2D eigenvalue weighted by Gasteiger charge is 2.29. The van der Waals surface area contributed by atoms with Crippen LogP contribution >= 0.6 is 0 Å². The van der Waals surface area contributed by atoms with Gasteiger partial charge >= 0.3 is 0 Å². The van der Waals surface area contributed by atoms with Crippen molar-refractivity contribution in [2.24, 2.45) is 0 Å². The van der Waals surface area contributed by atoms with E-state index in [1.165, 1.54) is 6.33 Å². The molecule has 1 atom stereocenters. The summed E-state index contributed by atoms with van der Waals surface area (Å²) in [7, 11) is 0. The van der Waals surface area contributed by atoms with Crippen molar-refractivity contribution in [2.75, 3.05) is 44.8 Å². The normalized spacial score (nSPS) is 19.5. The number of morpholine rings is 1. The van der Waals surface area contributed by atoms with Crippen molar-refractivity contribution < 1.29 is 19.3 Å². The molecular weight excluding hydrogens is 576 g/mol. The lowest BCUT2D eigenvalue weighted by Crippen LogP contribution is -2.45. The molecule has 2 fully saturated rings. The summed E-state index contributed by atoms with van der Waals surface area (Å²) in [5.41, 5.74) is 2.66. The Balaban J connectivity index is 1.12. The molecule has 1 aliphatic carbocycles. The summed E-state index contributed by atoms with van der Waals surface area (Å²) in [5.74, 6) is 1.26. The Bertz CT molecular complexity index is 1560. The van der Waals surface area contributed by atoms with Crippen molar-refractivity contribution in [3.05, 3.63) is 55.0 Å². The van der Waals surface area contributed by atoms with Crippen LogP contribution in [-0.4, -0.2) is 96.2 Å². The van der Waals surface area contributed by atoms with Crippen LogP contribution in [0.1, 0.15) is 44.2 Å². The molecule has 0 bridgehead atoms. The predicted molar refractivity (Wildman–Crippen MR) is 164 cm³/mol. The summed E-state index contributed by atoms with van der Waals surface area (Å²) < 4.78 is 21.0. The fourth-order valence-corrected chi connectivity index (χ4v) is 5.93. The lowest BCUT2D eigenvalue weighted by molar-refractivity contribution is 0.00502. The van der Waals surface area contributed by atoms with Crippen molar-refractivity contribution in [1.82, 2.24) is 39.4 Å². The van der Waals surface area contributed by atoms with Crippen molar-refractivity contribution in [2.45, 2.75) is 57.3 Å². The van der Waals surface area contributed by atoms with Crippen LogP contribution in [0.4, 0.5) is 11.6 Å². The second-order valence-corrected chi connectivity index (χ2v) is 11.3. The summed E-state index contributed by atoms with van der Waals surface area (Å²) in [4.78, 5) is 15.6. The average Bonchev–Trinajstić information content (AvgIpc) is 3.74. The number of anilines is 2. The van der Waals surface area contributed by atoms with Gasteiger partial charge in [-0.1, -0.05) is 6.07 Å². The smallest absolute Gasteiger partial charge is 0.257 e. The number of hydrogen-bond donors (Lipinski definition) is 2. The molecule has 4 aromatic rings. The predicted octanol–water partition coefficient (Wildman–Crippen LogP) is 3.20. The third kappa shape index (κ3) is 7.56. The summed E-state index contributed by atoms with van der Waals surface area (Å²) in [5, 5.41) is 31.1. The second kappa shape index (κ2) is 14.5. The first-order chi connectivity index (χ1) is 22.1. The van der Waals surface area contributed by atoms with Gasteiger partial charge in [-0.25, -0.2) is 19.6 Å². The maximum absolute atomic E-state index is 9.63. The molecule has 0 radical (unpaired) electrons. The van der Waals surface area contributed by atoms with Gasteiger partial charge in [0.05, 0.1) is 44.2 Å². The zero-order valence-electron chi connectivity index (χ0n) is 25.3. The molecule has 14 nitrogen and oxygen atoms in total. The number of hydrogen-bond acceptors (Lipinski definition) is 12. The Morgan fingerprint density at radius 1 is 1.11 bits per heavy atom. The number of aliphatic hydroxyl groups excluding tert-OH is 1. The van der Waals surface area contributed by atoms with E-state index in [1.807, 2.05) is 29.9 Å². The van der Waals surface area contributed by atoms with Crippen LogP contribution in [-0.2, 0) is 11.3 Å². The Kier molecular flexibility index (Phi) is 9.79. The van der Waals surface area contributed by atoms with Gasteiger partial charge in [-0.3, -0.25) is 9.58 Å². The quantitative estimate of drug-likeness (QED) is 0.240.